The van der Waals surface area contributed by atoms with Gasteiger partial charge in [0.05, 0.1) is 22.3 Å². The molecular weight excluding hydrogens is 384 g/mol. The molecule has 0 atom stereocenters. The van der Waals surface area contributed by atoms with Gasteiger partial charge >= 0.3 is 0 Å². The van der Waals surface area contributed by atoms with Gasteiger partial charge in [0, 0.05) is 16.5 Å². The molecule has 1 N–H and O–H groups in total. The lowest BCUT2D eigenvalue weighted by molar-refractivity contribution is -0.00688. The van der Waals surface area contributed by atoms with Crippen LogP contribution in [0.4, 0.5) is 5.13 Å². The Morgan fingerprint density at radius 3 is 2.52 bits per heavy atom. The zero-order chi connectivity index (χ0) is 19.8. The first kappa shape index (κ1) is 17.6. The summed E-state index contributed by atoms with van der Waals surface area (Å²) >= 11 is 1.54. The van der Waals surface area contributed by atoms with Crippen LogP contribution in [0.1, 0.15) is 66.0 Å². The monoisotopic (exact) mass is 408 g/mol. The molecule has 6 nitrogen and oxygen atoms in total. The number of fused-ring (bicyclic) bond motifs is 1. The van der Waals surface area contributed by atoms with Crippen molar-refractivity contribution in [3.63, 3.8) is 0 Å². The van der Waals surface area contributed by atoms with E-state index in [0.717, 1.165) is 23.4 Å². The lowest BCUT2D eigenvalue weighted by atomic mass is 9.49. The van der Waals surface area contributed by atoms with Gasteiger partial charge in [-0.1, -0.05) is 5.16 Å². The number of amides is 1. The van der Waals surface area contributed by atoms with Gasteiger partial charge in [-0.15, -0.1) is 11.3 Å². The van der Waals surface area contributed by atoms with Gasteiger partial charge in [-0.2, -0.15) is 0 Å². The maximum atomic E-state index is 13.0. The molecule has 7 rings (SSSR count). The van der Waals surface area contributed by atoms with Gasteiger partial charge in [0.1, 0.15) is 0 Å². The molecule has 3 aromatic rings. The molecule has 0 unspecified atom stereocenters. The van der Waals surface area contributed by atoms with Crippen LogP contribution in [0.5, 0.6) is 0 Å². The van der Waals surface area contributed by atoms with Crippen LogP contribution in [0.25, 0.3) is 11.1 Å². The Balaban J connectivity index is 1.29. The Morgan fingerprint density at radius 2 is 1.83 bits per heavy atom. The summed E-state index contributed by atoms with van der Waals surface area (Å²) in [6.45, 7) is 3.68. The van der Waals surface area contributed by atoms with Crippen molar-refractivity contribution in [3.8, 4) is 0 Å². The largest absolute Gasteiger partial charge is 0.336 e. The molecular formula is C22H24N4O2S. The third kappa shape index (κ3) is 2.74. The van der Waals surface area contributed by atoms with Crippen molar-refractivity contribution in [3.05, 3.63) is 34.1 Å². The van der Waals surface area contributed by atoms with Gasteiger partial charge in [-0.25, -0.2) is 9.97 Å². The topological polar surface area (TPSA) is 80.9 Å². The van der Waals surface area contributed by atoms with Crippen molar-refractivity contribution in [2.24, 2.45) is 17.8 Å². The number of hydrogen-bond acceptors (Lipinski definition) is 6. The molecule has 0 aromatic carbocycles. The molecule has 29 heavy (non-hydrogen) atoms. The highest BCUT2D eigenvalue weighted by molar-refractivity contribution is 7.14. The van der Waals surface area contributed by atoms with Crippen molar-refractivity contribution in [1.82, 2.24) is 15.1 Å². The number of rotatable bonds is 3. The zero-order valence-corrected chi connectivity index (χ0v) is 17.5. The minimum absolute atomic E-state index is 0.182. The van der Waals surface area contributed by atoms with Crippen molar-refractivity contribution in [2.45, 2.75) is 57.8 Å². The van der Waals surface area contributed by atoms with Crippen LogP contribution in [-0.2, 0) is 5.41 Å². The van der Waals surface area contributed by atoms with E-state index in [1.165, 1.54) is 55.6 Å². The molecule has 0 saturated heterocycles. The molecule has 0 spiro atoms. The minimum atomic E-state index is -0.182. The molecule has 0 radical (unpaired) electrons. The van der Waals surface area contributed by atoms with Gasteiger partial charge in [0.2, 0.25) is 0 Å². The molecule has 4 saturated carbocycles. The van der Waals surface area contributed by atoms with E-state index < -0.39 is 0 Å². The number of aromatic nitrogens is 3. The smallest absolute Gasteiger partial charge is 0.258 e. The average molecular weight is 409 g/mol. The normalized spacial score (nSPS) is 30.2. The third-order valence-corrected chi connectivity index (χ3v) is 8.05. The van der Waals surface area contributed by atoms with Gasteiger partial charge in [0.15, 0.2) is 5.13 Å². The SMILES string of the molecule is Cc1cc(C(=O)Nc2nc(C34CC5CC(CC(C5)C3)C4)cs2)c2c(C)noc2n1. The highest BCUT2D eigenvalue weighted by Gasteiger charge is 2.52. The van der Waals surface area contributed by atoms with Crippen molar-refractivity contribution in [2.75, 3.05) is 5.32 Å². The number of carbonyl (C=O) groups is 1. The number of aryl methyl sites for hydroxylation is 2. The summed E-state index contributed by atoms with van der Waals surface area (Å²) in [5.41, 5.74) is 3.80. The predicted molar refractivity (Wildman–Crippen MR) is 111 cm³/mol. The van der Waals surface area contributed by atoms with Crippen molar-refractivity contribution >= 4 is 33.5 Å². The Bertz CT molecular complexity index is 1100. The van der Waals surface area contributed by atoms with Crippen LogP contribution in [0.3, 0.4) is 0 Å². The van der Waals surface area contributed by atoms with Crippen LogP contribution in [0, 0.1) is 31.6 Å². The first-order chi connectivity index (χ1) is 14.0. The second-order valence-corrected chi connectivity index (χ2v) is 10.3. The first-order valence-corrected chi connectivity index (χ1v) is 11.4. The summed E-state index contributed by atoms with van der Waals surface area (Å²) < 4.78 is 5.26. The van der Waals surface area contributed by atoms with Gasteiger partial charge in [-0.3, -0.25) is 10.1 Å². The summed E-state index contributed by atoms with van der Waals surface area (Å²) in [7, 11) is 0. The Labute approximate surface area is 173 Å². The Morgan fingerprint density at radius 1 is 1.14 bits per heavy atom. The van der Waals surface area contributed by atoms with E-state index in [0.29, 0.717) is 27.5 Å². The molecule has 150 valence electrons. The van der Waals surface area contributed by atoms with Crippen LogP contribution < -0.4 is 5.32 Å². The van der Waals surface area contributed by atoms with E-state index in [4.69, 9.17) is 9.51 Å². The van der Waals surface area contributed by atoms with E-state index in [9.17, 15) is 4.79 Å². The van der Waals surface area contributed by atoms with Crippen LogP contribution in [-0.4, -0.2) is 21.0 Å². The highest BCUT2D eigenvalue weighted by Crippen LogP contribution is 2.60. The van der Waals surface area contributed by atoms with Crippen molar-refractivity contribution in [1.29, 1.82) is 0 Å². The molecule has 1 amide bonds. The number of hydrogen-bond donors (Lipinski definition) is 1. The number of nitrogens with one attached hydrogen (secondary N) is 1. The fourth-order valence-corrected chi connectivity index (χ4v) is 7.39. The fraction of sp³-hybridized carbons (Fsp3) is 0.545. The van der Waals surface area contributed by atoms with Crippen LogP contribution in [0.2, 0.25) is 0 Å². The highest BCUT2D eigenvalue weighted by atomic mass is 32.1. The second kappa shape index (κ2) is 6.11. The van der Waals surface area contributed by atoms with Crippen LogP contribution in [0.15, 0.2) is 16.0 Å². The minimum Gasteiger partial charge on any atom is -0.336 e. The van der Waals surface area contributed by atoms with Crippen LogP contribution >= 0.6 is 11.3 Å². The summed E-state index contributed by atoms with van der Waals surface area (Å²) in [6, 6.07) is 1.79. The average Bonchev–Trinajstić information content (AvgIpc) is 3.27. The number of thiazole rings is 1. The second-order valence-electron chi connectivity index (χ2n) is 9.45. The van der Waals surface area contributed by atoms with Gasteiger partial charge in [0.25, 0.3) is 11.6 Å². The molecule has 4 aliphatic carbocycles. The maximum absolute atomic E-state index is 13.0. The lowest BCUT2D eigenvalue weighted by Crippen LogP contribution is -2.48. The summed E-state index contributed by atoms with van der Waals surface area (Å²) in [6.07, 6.45) is 8.09. The lowest BCUT2D eigenvalue weighted by Gasteiger charge is -2.56. The molecule has 3 heterocycles. The molecule has 4 bridgehead atoms. The molecule has 4 aliphatic rings. The van der Waals surface area contributed by atoms with Gasteiger partial charge in [-0.05, 0) is 76.2 Å². The number of nitrogens with zero attached hydrogens (tertiary/aromatic N) is 3. The zero-order valence-electron chi connectivity index (χ0n) is 16.7. The Hall–Kier alpha value is -2.28. The summed E-state index contributed by atoms with van der Waals surface area (Å²) in [5, 5.41) is 10.5. The fourth-order valence-electron chi connectivity index (χ4n) is 6.56. The van der Waals surface area contributed by atoms with E-state index in [2.05, 4.69) is 20.8 Å². The first-order valence-electron chi connectivity index (χ1n) is 10.5. The van der Waals surface area contributed by atoms with E-state index in [1.54, 1.807) is 6.07 Å². The van der Waals surface area contributed by atoms with E-state index in [1.807, 2.05) is 13.8 Å². The quantitative estimate of drug-likeness (QED) is 0.658. The molecule has 4 fully saturated rings. The number of carbonyl (C=O) groups excluding carboxylic acids is 1. The van der Waals surface area contributed by atoms with E-state index >= 15 is 0 Å². The molecule has 7 heteroatoms. The molecule has 3 aromatic heterocycles. The summed E-state index contributed by atoms with van der Waals surface area (Å²) in [5.74, 6) is 2.46. The van der Waals surface area contributed by atoms with Gasteiger partial charge < -0.3 is 4.52 Å². The van der Waals surface area contributed by atoms with Crippen molar-refractivity contribution < 1.29 is 9.32 Å². The predicted octanol–water partition coefficient (Wildman–Crippen LogP) is 5.02. The maximum Gasteiger partial charge on any atom is 0.258 e. The number of anilines is 1. The standard InChI is InChI=1S/C22H24N4O2S/c1-11-3-16(18-12(2)26-28-20(18)23-11)19(27)25-21-24-17(10-29-21)22-7-13-4-14(8-22)6-15(5-13)9-22/h3,10,13-15H,4-9H2,1-2H3,(H,24,25,27). The molecule has 0 aliphatic heterocycles. The number of pyridine rings is 1. The summed E-state index contributed by atoms with van der Waals surface area (Å²) in [4.78, 5) is 22.3. The third-order valence-electron chi connectivity index (χ3n) is 7.30. The van der Waals surface area contributed by atoms with E-state index in [-0.39, 0.29) is 11.3 Å². The Kier molecular flexibility index (Phi) is 3.70.